The highest BCUT2D eigenvalue weighted by atomic mass is 35.5. The van der Waals surface area contributed by atoms with Crippen molar-refractivity contribution in [3.63, 3.8) is 0 Å². The van der Waals surface area contributed by atoms with Crippen LogP contribution in [0.3, 0.4) is 0 Å². The lowest BCUT2D eigenvalue weighted by Crippen LogP contribution is -2.13. The first kappa shape index (κ1) is 12.8. The van der Waals surface area contributed by atoms with Crippen LogP contribution >= 0.6 is 11.6 Å². The predicted molar refractivity (Wildman–Crippen MR) is 44.6 cm³/mol. The Bertz CT molecular complexity index is 418. The molecular weight excluding hydrogens is 257 g/mol. The molecule has 1 aromatic heterocycles. The zero-order valence-electron chi connectivity index (χ0n) is 7.36. The summed E-state index contributed by atoms with van der Waals surface area (Å²) in [6.45, 7) is 0. The molecule has 0 aliphatic carbocycles. The molecule has 0 aromatic carbocycles. The van der Waals surface area contributed by atoms with Gasteiger partial charge in [-0.15, -0.1) is 0 Å². The van der Waals surface area contributed by atoms with E-state index >= 15 is 0 Å². The van der Waals surface area contributed by atoms with Crippen molar-refractivity contribution in [3.05, 3.63) is 28.0 Å². The second-order valence-corrected chi connectivity index (χ2v) is 3.10. The van der Waals surface area contributed by atoms with Gasteiger partial charge in [0.15, 0.2) is 6.29 Å². The molecule has 2 nitrogen and oxygen atoms in total. The van der Waals surface area contributed by atoms with Crippen LogP contribution in [0, 0.1) is 0 Å². The third-order valence-electron chi connectivity index (χ3n) is 1.69. The van der Waals surface area contributed by atoms with Crippen molar-refractivity contribution < 1.29 is 26.7 Å². The Morgan fingerprint density at radius 1 is 1.38 bits per heavy atom. The van der Waals surface area contributed by atoms with E-state index in [1.165, 1.54) is 0 Å². The molecule has 0 spiro atoms. The van der Waals surface area contributed by atoms with Gasteiger partial charge in [-0.2, -0.15) is 13.2 Å². The van der Waals surface area contributed by atoms with Gasteiger partial charge in [-0.1, -0.05) is 11.6 Å². The first-order valence-electron chi connectivity index (χ1n) is 3.78. The SMILES string of the molecule is O=Cc1c(C(F)(F)F)cc(Cl)nc1C(F)F. The van der Waals surface area contributed by atoms with Crippen LogP contribution in [0.1, 0.15) is 28.0 Å². The Morgan fingerprint density at radius 3 is 2.31 bits per heavy atom. The number of pyridine rings is 1. The lowest BCUT2D eigenvalue weighted by Gasteiger charge is -2.12. The molecule has 0 saturated heterocycles. The first-order chi connectivity index (χ1) is 7.27. The molecule has 0 aliphatic heterocycles. The maximum Gasteiger partial charge on any atom is 0.417 e. The predicted octanol–water partition coefficient (Wildman–Crippen LogP) is 3.50. The fraction of sp³-hybridized carbons (Fsp3) is 0.250. The van der Waals surface area contributed by atoms with E-state index < -0.39 is 34.6 Å². The van der Waals surface area contributed by atoms with Gasteiger partial charge in [-0.3, -0.25) is 4.79 Å². The lowest BCUT2D eigenvalue weighted by molar-refractivity contribution is -0.138. The number of aldehydes is 1. The molecule has 0 aliphatic rings. The summed E-state index contributed by atoms with van der Waals surface area (Å²) in [4.78, 5) is 13.4. The van der Waals surface area contributed by atoms with Gasteiger partial charge < -0.3 is 0 Å². The van der Waals surface area contributed by atoms with Crippen molar-refractivity contribution in [2.24, 2.45) is 0 Å². The van der Waals surface area contributed by atoms with Gasteiger partial charge in [0.25, 0.3) is 6.43 Å². The second kappa shape index (κ2) is 4.32. The highest BCUT2D eigenvalue weighted by Gasteiger charge is 2.36. The van der Waals surface area contributed by atoms with Crippen LogP contribution in [0.5, 0.6) is 0 Å². The maximum absolute atomic E-state index is 12.4. The number of aromatic nitrogens is 1. The van der Waals surface area contributed by atoms with Crippen LogP contribution < -0.4 is 0 Å². The molecule has 0 radical (unpaired) electrons. The number of carbonyl (C=O) groups excluding carboxylic acids is 1. The second-order valence-electron chi connectivity index (χ2n) is 2.71. The molecule has 0 bridgehead atoms. The summed E-state index contributed by atoms with van der Waals surface area (Å²) in [5, 5.41) is -0.742. The van der Waals surface area contributed by atoms with E-state index in [4.69, 9.17) is 11.6 Å². The molecule has 1 aromatic rings. The molecule has 0 amide bonds. The summed E-state index contributed by atoms with van der Waals surface area (Å²) >= 11 is 5.17. The summed E-state index contributed by atoms with van der Waals surface area (Å²) in [6.07, 6.45) is -8.56. The monoisotopic (exact) mass is 259 g/mol. The molecule has 0 N–H and O–H groups in total. The molecule has 0 fully saturated rings. The summed E-state index contributed by atoms with van der Waals surface area (Å²) in [6, 6.07) is 0.331. The van der Waals surface area contributed by atoms with Gasteiger partial charge in [-0.25, -0.2) is 13.8 Å². The van der Waals surface area contributed by atoms with Gasteiger partial charge in [-0.05, 0) is 6.07 Å². The molecular formula is C8H3ClF5NO. The van der Waals surface area contributed by atoms with Crippen LogP contribution in [0.2, 0.25) is 5.15 Å². The van der Waals surface area contributed by atoms with Gasteiger partial charge in [0.1, 0.15) is 10.8 Å². The summed E-state index contributed by atoms with van der Waals surface area (Å²) < 4.78 is 61.7. The molecule has 1 heterocycles. The largest absolute Gasteiger partial charge is 0.417 e. The molecule has 0 atom stereocenters. The van der Waals surface area contributed by atoms with E-state index in [1.54, 1.807) is 0 Å². The zero-order valence-corrected chi connectivity index (χ0v) is 8.11. The summed E-state index contributed by atoms with van der Waals surface area (Å²) in [5.41, 5.74) is -3.97. The van der Waals surface area contributed by atoms with Gasteiger partial charge in [0, 0.05) is 0 Å². The Labute approximate surface area is 91.0 Å². The number of rotatable bonds is 2. The smallest absolute Gasteiger partial charge is 0.298 e. The van der Waals surface area contributed by atoms with E-state index in [2.05, 4.69) is 4.98 Å². The third kappa shape index (κ3) is 2.46. The van der Waals surface area contributed by atoms with Crippen LogP contribution in [0.4, 0.5) is 22.0 Å². The molecule has 16 heavy (non-hydrogen) atoms. The fourth-order valence-electron chi connectivity index (χ4n) is 1.07. The molecule has 0 saturated carbocycles. The van der Waals surface area contributed by atoms with Gasteiger partial charge in [0.05, 0.1) is 11.1 Å². The van der Waals surface area contributed by atoms with E-state index in [1.807, 2.05) is 0 Å². The molecule has 1 rings (SSSR count). The zero-order chi connectivity index (χ0) is 12.5. The number of carbonyl (C=O) groups is 1. The topological polar surface area (TPSA) is 30.0 Å². The highest BCUT2D eigenvalue weighted by molar-refractivity contribution is 6.29. The lowest BCUT2D eigenvalue weighted by atomic mass is 10.1. The molecule has 8 heteroatoms. The van der Waals surface area contributed by atoms with E-state index in [-0.39, 0.29) is 6.29 Å². The van der Waals surface area contributed by atoms with Crippen molar-refractivity contribution in [3.8, 4) is 0 Å². The number of hydrogen-bond donors (Lipinski definition) is 0. The van der Waals surface area contributed by atoms with Crippen LogP contribution in [0.15, 0.2) is 6.07 Å². The standard InChI is InChI=1S/C8H3ClF5NO/c9-5-1-4(8(12,13)14)3(2-16)6(15-5)7(10)11/h1-2,7H. The van der Waals surface area contributed by atoms with E-state index in [0.717, 1.165) is 0 Å². The van der Waals surface area contributed by atoms with Crippen LogP contribution in [0.25, 0.3) is 0 Å². The van der Waals surface area contributed by atoms with Crippen molar-refractivity contribution in [1.29, 1.82) is 0 Å². The van der Waals surface area contributed by atoms with Crippen LogP contribution in [-0.2, 0) is 6.18 Å². The minimum atomic E-state index is -4.94. The third-order valence-corrected chi connectivity index (χ3v) is 1.88. The number of hydrogen-bond acceptors (Lipinski definition) is 2. The Kier molecular flexibility index (Phi) is 3.47. The number of halogens is 6. The average molecular weight is 260 g/mol. The van der Waals surface area contributed by atoms with Gasteiger partial charge in [0.2, 0.25) is 0 Å². The average Bonchev–Trinajstić information content (AvgIpc) is 2.14. The fourth-order valence-corrected chi connectivity index (χ4v) is 1.27. The van der Waals surface area contributed by atoms with Crippen molar-refractivity contribution in [2.75, 3.05) is 0 Å². The Hall–Kier alpha value is -1.24. The van der Waals surface area contributed by atoms with Crippen LogP contribution in [-0.4, -0.2) is 11.3 Å². The van der Waals surface area contributed by atoms with Crippen molar-refractivity contribution >= 4 is 17.9 Å². The Morgan fingerprint density at radius 2 is 1.94 bits per heavy atom. The van der Waals surface area contributed by atoms with E-state index in [0.29, 0.717) is 6.07 Å². The quantitative estimate of drug-likeness (QED) is 0.462. The minimum absolute atomic E-state index is 0.312. The first-order valence-corrected chi connectivity index (χ1v) is 4.16. The maximum atomic E-state index is 12.4. The minimum Gasteiger partial charge on any atom is -0.298 e. The highest BCUT2D eigenvalue weighted by Crippen LogP contribution is 2.35. The Balaban J connectivity index is 3.55. The van der Waals surface area contributed by atoms with Crippen molar-refractivity contribution in [1.82, 2.24) is 4.98 Å². The number of nitrogens with zero attached hydrogens (tertiary/aromatic N) is 1. The van der Waals surface area contributed by atoms with E-state index in [9.17, 15) is 26.7 Å². The number of alkyl halides is 5. The normalized spacial score (nSPS) is 11.9. The van der Waals surface area contributed by atoms with Gasteiger partial charge >= 0.3 is 6.18 Å². The summed E-state index contributed by atoms with van der Waals surface area (Å²) in [5.74, 6) is 0. The molecule has 88 valence electrons. The van der Waals surface area contributed by atoms with Crippen molar-refractivity contribution in [2.45, 2.75) is 12.6 Å². The molecule has 0 unspecified atom stereocenters. The summed E-state index contributed by atoms with van der Waals surface area (Å²) in [7, 11) is 0.